The fourth-order valence-electron chi connectivity index (χ4n) is 1.77. The second kappa shape index (κ2) is 6.81. The van der Waals surface area contributed by atoms with E-state index < -0.39 is 0 Å². The third-order valence-electron chi connectivity index (χ3n) is 2.96. The van der Waals surface area contributed by atoms with Gasteiger partial charge in [0.1, 0.15) is 0 Å². The van der Waals surface area contributed by atoms with E-state index >= 15 is 0 Å². The highest BCUT2D eigenvalue weighted by Crippen LogP contribution is 2.27. The zero-order valence-corrected chi connectivity index (χ0v) is 11.6. The summed E-state index contributed by atoms with van der Waals surface area (Å²) in [6.07, 6.45) is 4.71. The highest BCUT2D eigenvalue weighted by Gasteiger charge is 2.20. The minimum Gasteiger partial charge on any atom is -0.325 e. The van der Waals surface area contributed by atoms with Gasteiger partial charge >= 0.3 is 0 Å². The van der Waals surface area contributed by atoms with E-state index in [2.05, 4.69) is 29.0 Å². The van der Waals surface area contributed by atoms with Gasteiger partial charge in [0, 0.05) is 11.4 Å². The van der Waals surface area contributed by atoms with Crippen LogP contribution in [0.2, 0.25) is 0 Å². The molecule has 0 aliphatic heterocycles. The van der Waals surface area contributed by atoms with E-state index in [1.54, 1.807) is 11.8 Å². The molecule has 1 aliphatic carbocycles. The molecule has 2 N–H and O–H groups in total. The Hall–Kier alpha value is -1.00. The van der Waals surface area contributed by atoms with Gasteiger partial charge in [-0.2, -0.15) is 11.8 Å². The van der Waals surface area contributed by atoms with Gasteiger partial charge in [-0.15, -0.1) is 0 Å². The first-order chi connectivity index (χ1) is 8.78. The first kappa shape index (κ1) is 13.4. The van der Waals surface area contributed by atoms with Crippen molar-refractivity contribution in [3.63, 3.8) is 0 Å². The molecule has 1 fully saturated rings. The predicted molar refractivity (Wildman–Crippen MR) is 77.9 cm³/mol. The van der Waals surface area contributed by atoms with Gasteiger partial charge in [-0.3, -0.25) is 4.79 Å². The van der Waals surface area contributed by atoms with Crippen LogP contribution in [0.25, 0.3) is 0 Å². The summed E-state index contributed by atoms with van der Waals surface area (Å²) in [5.74, 6) is 1.86. The number of anilines is 1. The van der Waals surface area contributed by atoms with Crippen LogP contribution in [0.15, 0.2) is 24.3 Å². The number of thioether (sulfide) groups is 1. The Balaban J connectivity index is 1.71. The SMILES string of the molecule is CSCc1ccc(NC(=O)CNCC2CC2)cc1. The Morgan fingerprint density at radius 2 is 2.06 bits per heavy atom. The molecule has 0 saturated heterocycles. The maximum atomic E-state index is 11.6. The van der Waals surface area contributed by atoms with Gasteiger partial charge in [0.05, 0.1) is 6.54 Å². The molecule has 1 aliphatic rings. The van der Waals surface area contributed by atoms with Gasteiger partial charge in [0.25, 0.3) is 0 Å². The molecule has 0 radical (unpaired) electrons. The van der Waals surface area contributed by atoms with Crippen molar-refractivity contribution in [2.45, 2.75) is 18.6 Å². The van der Waals surface area contributed by atoms with Crippen LogP contribution in [-0.2, 0) is 10.5 Å². The lowest BCUT2D eigenvalue weighted by atomic mass is 10.2. The number of carbonyl (C=O) groups is 1. The summed E-state index contributed by atoms with van der Waals surface area (Å²) < 4.78 is 0. The molecular weight excluding hydrogens is 244 g/mol. The van der Waals surface area contributed by atoms with E-state index in [0.29, 0.717) is 6.54 Å². The van der Waals surface area contributed by atoms with Crippen molar-refractivity contribution in [2.24, 2.45) is 5.92 Å². The van der Waals surface area contributed by atoms with Gasteiger partial charge < -0.3 is 10.6 Å². The summed E-state index contributed by atoms with van der Waals surface area (Å²) in [6, 6.07) is 8.04. The first-order valence-corrected chi connectivity index (χ1v) is 7.76. The Kier molecular flexibility index (Phi) is 5.08. The monoisotopic (exact) mass is 264 g/mol. The lowest BCUT2D eigenvalue weighted by molar-refractivity contribution is -0.115. The Bertz CT molecular complexity index is 387. The second-order valence-corrected chi connectivity index (χ2v) is 5.62. The highest BCUT2D eigenvalue weighted by molar-refractivity contribution is 7.97. The smallest absolute Gasteiger partial charge is 0.238 e. The van der Waals surface area contributed by atoms with Crippen molar-refractivity contribution >= 4 is 23.4 Å². The number of carbonyl (C=O) groups excluding carboxylic acids is 1. The summed E-state index contributed by atoms with van der Waals surface area (Å²) in [5.41, 5.74) is 2.16. The zero-order chi connectivity index (χ0) is 12.8. The zero-order valence-electron chi connectivity index (χ0n) is 10.7. The van der Waals surface area contributed by atoms with Gasteiger partial charge in [-0.25, -0.2) is 0 Å². The number of nitrogens with one attached hydrogen (secondary N) is 2. The normalized spacial score (nSPS) is 14.5. The van der Waals surface area contributed by atoms with E-state index in [1.165, 1.54) is 18.4 Å². The molecule has 4 heteroatoms. The van der Waals surface area contributed by atoms with E-state index in [1.807, 2.05) is 12.1 Å². The summed E-state index contributed by atoms with van der Waals surface area (Å²) in [7, 11) is 0. The summed E-state index contributed by atoms with van der Waals surface area (Å²) in [5, 5.41) is 6.08. The fourth-order valence-corrected chi connectivity index (χ4v) is 2.29. The molecule has 0 atom stereocenters. The van der Waals surface area contributed by atoms with Gasteiger partial charge in [-0.05, 0) is 49.3 Å². The molecule has 98 valence electrons. The Labute approximate surface area is 113 Å². The molecule has 1 aromatic carbocycles. The largest absolute Gasteiger partial charge is 0.325 e. The van der Waals surface area contributed by atoms with Crippen molar-refractivity contribution in [1.29, 1.82) is 0 Å². The standard InChI is InChI=1S/C14H20N2OS/c1-18-10-12-4-6-13(7-5-12)16-14(17)9-15-8-11-2-3-11/h4-7,11,15H,2-3,8-10H2,1H3,(H,16,17). The van der Waals surface area contributed by atoms with Crippen LogP contribution in [0.1, 0.15) is 18.4 Å². The summed E-state index contributed by atoms with van der Waals surface area (Å²) in [4.78, 5) is 11.6. The third kappa shape index (κ3) is 4.70. The lowest BCUT2D eigenvalue weighted by Crippen LogP contribution is -2.29. The van der Waals surface area contributed by atoms with E-state index in [4.69, 9.17) is 0 Å². The topological polar surface area (TPSA) is 41.1 Å². The maximum Gasteiger partial charge on any atom is 0.238 e. The average molecular weight is 264 g/mol. The number of benzene rings is 1. The highest BCUT2D eigenvalue weighted by atomic mass is 32.2. The molecule has 2 rings (SSSR count). The molecule has 0 spiro atoms. The van der Waals surface area contributed by atoms with Crippen LogP contribution in [0.5, 0.6) is 0 Å². The number of hydrogen-bond acceptors (Lipinski definition) is 3. The van der Waals surface area contributed by atoms with Crippen LogP contribution in [0, 0.1) is 5.92 Å². The summed E-state index contributed by atoms with van der Waals surface area (Å²) in [6.45, 7) is 1.38. The molecule has 0 heterocycles. The third-order valence-corrected chi connectivity index (χ3v) is 3.59. The molecule has 0 unspecified atom stereocenters. The second-order valence-electron chi connectivity index (χ2n) is 4.75. The average Bonchev–Trinajstić information content (AvgIpc) is 3.16. The van der Waals surface area contributed by atoms with Crippen molar-refractivity contribution < 1.29 is 4.79 Å². The molecule has 18 heavy (non-hydrogen) atoms. The molecule has 0 bridgehead atoms. The van der Waals surface area contributed by atoms with Crippen LogP contribution in [-0.4, -0.2) is 25.3 Å². The first-order valence-electron chi connectivity index (χ1n) is 6.36. The number of amides is 1. The van der Waals surface area contributed by atoms with Crippen molar-refractivity contribution in [3.05, 3.63) is 29.8 Å². The molecule has 1 amide bonds. The number of rotatable bonds is 7. The molecule has 0 aromatic heterocycles. The van der Waals surface area contributed by atoms with Crippen LogP contribution >= 0.6 is 11.8 Å². The Morgan fingerprint density at radius 3 is 2.67 bits per heavy atom. The number of hydrogen-bond donors (Lipinski definition) is 2. The fraction of sp³-hybridized carbons (Fsp3) is 0.500. The molecule has 1 aromatic rings. The van der Waals surface area contributed by atoms with Crippen LogP contribution in [0.3, 0.4) is 0 Å². The van der Waals surface area contributed by atoms with E-state index in [-0.39, 0.29) is 5.91 Å². The molecular formula is C14H20N2OS. The van der Waals surface area contributed by atoms with Crippen molar-refractivity contribution in [3.8, 4) is 0 Å². The van der Waals surface area contributed by atoms with Gasteiger partial charge in [-0.1, -0.05) is 12.1 Å². The van der Waals surface area contributed by atoms with Gasteiger partial charge in [0.15, 0.2) is 0 Å². The molecule has 3 nitrogen and oxygen atoms in total. The van der Waals surface area contributed by atoms with Crippen molar-refractivity contribution in [2.75, 3.05) is 24.7 Å². The maximum absolute atomic E-state index is 11.6. The lowest BCUT2D eigenvalue weighted by Gasteiger charge is -2.07. The van der Waals surface area contributed by atoms with E-state index in [0.717, 1.165) is 23.9 Å². The Morgan fingerprint density at radius 1 is 1.33 bits per heavy atom. The summed E-state index contributed by atoms with van der Waals surface area (Å²) >= 11 is 1.80. The molecule has 1 saturated carbocycles. The van der Waals surface area contributed by atoms with E-state index in [9.17, 15) is 4.79 Å². The minimum atomic E-state index is 0.0354. The van der Waals surface area contributed by atoms with Gasteiger partial charge in [0.2, 0.25) is 5.91 Å². The van der Waals surface area contributed by atoms with Crippen LogP contribution < -0.4 is 10.6 Å². The van der Waals surface area contributed by atoms with Crippen LogP contribution in [0.4, 0.5) is 5.69 Å². The van der Waals surface area contributed by atoms with Crippen molar-refractivity contribution in [1.82, 2.24) is 5.32 Å². The predicted octanol–water partition coefficient (Wildman–Crippen LogP) is 2.49. The minimum absolute atomic E-state index is 0.0354. The quantitative estimate of drug-likeness (QED) is 0.795.